The van der Waals surface area contributed by atoms with Crippen molar-refractivity contribution in [2.24, 2.45) is 0 Å². The van der Waals surface area contributed by atoms with Gasteiger partial charge >= 0.3 is 0 Å². The summed E-state index contributed by atoms with van der Waals surface area (Å²) in [6.45, 7) is 2.65. The van der Waals surface area contributed by atoms with Crippen LogP contribution in [0.4, 0.5) is 0 Å². The van der Waals surface area contributed by atoms with E-state index in [1.165, 1.54) is 17.5 Å². The van der Waals surface area contributed by atoms with Crippen LogP contribution in [0.2, 0.25) is 0 Å². The van der Waals surface area contributed by atoms with Gasteiger partial charge in [0.25, 0.3) is 5.91 Å². The molecule has 0 radical (unpaired) electrons. The molecule has 2 N–H and O–H groups in total. The quantitative estimate of drug-likeness (QED) is 0.825. The maximum atomic E-state index is 11.5. The van der Waals surface area contributed by atoms with E-state index in [0.717, 1.165) is 6.42 Å². The van der Waals surface area contributed by atoms with Gasteiger partial charge < -0.3 is 5.32 Å². The Morgan fingerprint density at radius 3 is 2.94 bits per heavy atom. The molecule has 0 spiro atoms. The molecule has 2 rings (SSSR count). The summed E-state index contributed by atoms with van der Waals surface area (Å²) in [7, 11) is 0. The molecule has 1 amide bonds. The molecule has 0 aliphatic heterocycles. The van der Waals surface area contributed by atoms with Gasteiger partial charge in [0.2, 0.25) is 5.82 Å². The fraction of sp³-hybridized carbons (Fsp3) is 0.250. The molecule has 5 nitrogen and oxygen atoms in total. The highest BCUT2D eigenvalue weighted by Gasteiger charge is 2.07. The van der Waals surface area contributed by atoms with Gasteiger partial charge in [-0.1, -0.05) is 24.3 Å². The van der Waals surface area contributed by atoms with Crippen LogP contribution in [0, 0.1) is 6.92 Å². The number of H-pyrrole nitrogens is 1. The molecule has 0 unspecified atom stereocenters. The zero-order chi connectivity index (χ0) is 12.1. The van der Waals surface area contributed by atoms with Crippen molar-refractivity contribution in [2.45, 2.75) is 13.3 Å². The van der Waals surface area contributed by atoms with Gasteiger partial charge in [-0.05, 0) is 24.5 Å². The van der Waals surface area contributed by atoms with Gasteiger partial charge in [-0.2, -0.15) is 5.10 Å². The van der Waals surface area contributed by atoms with Crippen LogP contribution in [0.3, 0.4) is 0 Å². The van der Waals surface area contributed by atoms with Crippen molar-refractivity contribution in [3.8, 4) is 0 Å². The van der Waals surface area contributed by atoms with Crippen LogP contribution in [-0.2, 0) is 6.42 Å². The highest BCUT2D eigenvalue weighted by molar-refractivity contribution is 5.90. The maximum Gasteiger partial charge on any atom is 0.288 e. The Labute approximate surface area is 99.3 Å². The molecule has 5 heteroatoms. The van der Waals surface area contributed by atoms with Crippen LogP contribution >= 0.6 is 0 Å². The Kier molecular flexibility index (Phi) is 3.49. The Balaban J connectivity index is 1.84. The van der Waals surface area contributed by atoms with Crippen molar-refractivity contribution in [1.82, 2.24) is 20.5 Å². The van der Waals surface area contributed by atoms with Gasteiger partial charge in [-0.15, -0.1) is 0 Å². The number of amides is 1. The zero-order valence-electron chi connectivity index (χ0n) is 9.60. The highest BCUT2D eigenvalue weighted by atomic mass is 16.2. The monoisotopic (exact) mass is 230 g/mol. The molecule has 0 saturated heterocycles. The summed E-state index contributed by atoms with van der Waals surface area (Å²) in [6, 6.07) is 8.13. The van der Waals surface area contributed by atoms with E-state index in [0.29, 0.717) is 6.54 Å². The van der Waals surface area contributed by atoms with Crippen LogP contribution in [0.15, 0.2) is 30.6 Å². The summed E-state index contributed by atoms with van der Waals surface area (Å²) in [6.07, 6.45) is 2.13. The first-order valence-electron chi connectivity index (χ1n) is 5.45. The van der Waals surface area contributed by atoms with E-state index in [4.69, 9.17) is 0 Å². The number of rotatable bonds is 4. The third kappa shape index (κ3) is 2.90. The number of benzene rings is 1. The average molecular weight is 230 g/mol. The van der Waals surface area contributed by atoms with Crippen LogP contribution in [0.25, 0.3) is 0 Å². The fourth-order valence-electron chi connectivity index (χ4n) is 1.60. The Morgan fingerprint density at radius 2 is 2.24 bits per heavy atom. The number of hydrogen-bond donors (Lipinski definition) is 2. The van der Waals surface area contributed by atoms with Crippen LogP contribution in [-0.4, -0.2) is 27.6 Å². The number of nitrogens with one attached hydrogen (secondary N) is 2. The van der Waals surface area contributed by atoms with Crippen LogP contribution in [0.1, 0.15) is 21.7 Å². The molecule has 1 heterocycles. The van der Waals surface area contributed by atoms with E-state index in [1.807, 2.05) is 12.1 Å². The Hall–Kier alpha value is -2.17. The fourth-order valence-corrected chi connectivity index (χ4v) is 1.60. The van der Waals surface area contributed by atoms with E-state index in [1.54, 1.807) is 0 Å². The number of nitrogens with zero attached hydrogens (tertiary/aromatic N) is 2. The number of carbonyl (C=O) groups excluding carboxylic acids is 1. The lowest BCUT2D eigenvalue weighted by Crippen LogP contribution is -2.26. The van der Waals surface area contributed by atoms with Gasteiger partial charge in [-0.3, -0.25) is 9.89 Å². The molecule has 0 bridgehead atoms. The highest BCUT2D eigenvalue weighted by Crippen LogP contribution is 2.06. The molecule has 88 valence electrons. The minimum Gasteiger partial charge on any atom is -0.349 e. The molecule has 17 heavy (non-hydrogen) atoms. The summed E-state index contributed by atoms with van der Waals surface area (Å²) >= 11 is 0. The standard InChI is InChI=1S/C12H14N4O/c1-9-4-2-3-5-10(9)6-7-13-12(17)11-14-8-15-16-11/h2-5,8H,6-7H2,1H3,(H,13,17)(H,14,15,16). The van der Waals surface area contributed by atoms with E-state index in [-0.39, 0.29) is 11.7 Å². The zero-order valence-corrected chi connectivity index (χ0v) is 9.60. The smallest absolute Gasteiger partial charge is 0.288 e. The Morgan fingerprint density at radius 1 is 1.41 bits per heavy atom. The second-order valence-corrected chi connectivity index (χ2v) is 3.77. The van der Waals surface area contributed by atoms with Crippen LogP contribution in [0.5, 0.6) is 0 Å². The first-order chi connectivity index (χ1) is 8.27. The minimum absolute atomic E-state index is 0.226. The lowest BCUT2D eigenvalue weighted by atomic mass is 10.1. The number of carbonyl (C=O) groups is 1. The normalized spacial score (nSPS) is 10.2. The van der Waals surface area contributed by atoms with Gasteiger partial charge in [0.05, 0.1) is 0 Å². The summed E-state index contributed by atoms with van der Waals surface area (Å²) in [4.78, 5) is 15.3. The molecule has 2 aromatic rings. The van der Waals surface area contributed by atoms with Gasteiger partial charge in [0, 0.05) is 6.54 Å². The largest absolute Gasteiger partial charge is 0.349 e. The second-order valence-electron chi connectivity index (χ2n) is 3.77. The number of aromatic nitrogens is 3. The van der Waals surface area contributed by atoms with Crippen molar-refractivity contribution < 1.29 is 4.79 Å². The molecular weight excluding hydrogens is 216 g/mol. The summed E-state index contributed by atoms with van der Waals surface area (Å²) in [5.41, 5.74) is 2.48. The third-order valence-electron chi connectivity index (χ3n) is 2.57. The van der Waals surface area contributed by atoms with E-state index in [2.05, 4.69) is 39.6 Å². The predicted molar refractivity (Wildman–Crippen MR) is 63.6 cm³/mol. The number of aromatic amines is 1. The molecule has 0 aliphatic rings. The molecule has 0 atom stereocenters. The van der Waals surface area contributed by atoms with Crippen molar-refractivity contribution in [2.75, 3.05) is 6.54 Å². The molecule has 0 fully saturated rings. The first-order valence-corrected chi connectivity index (χ1v) is 5.45. The maximum absolute atomic E-state index is 11.5. The second kappa shape index (κ2) is 5.25. The number of hydrogen-bond acceptors (Lipinski definition) is 3. The topological polar surface area (TPSA) is 70.7 Å². The first kappa shape index (κ1) is 11.3. The van der Waals surface area contributed by atoms with Gasteiger partial charge in [0.1, 0.15) is 6.33 Å². The predicted octanol–water partition coefficient (Wildman–Crippen LogP) is 1.09. The van der Waals surface area contributed by atoms with Crippen molar-refractivity contribution in [1.29, 1.82) is 0 Å². The minimum atomic E-state index is -0.226. The van der Waals surface area contributed by atoms with Crippen molar-refractivity contribution in [3.63, 3.8) is 0 Å². The van der Waals surface area contributed by atoms with Crippen molar-refractivity contribution in [3.05, 3.63) is 47.5 Å². The Bertz CT molecular complexity index is 493. The molecule has 0 aliphatic carbocycles. The summed E-state index contributed by atoms with van der Waals surface area (Å²) in [5, 5.41) is 8.94. The van der Waals surface area contributed by atoms with Crippen molar-refractivity contribution >= 4 is 5.91 Å². The molecule has 1 aromatic heterocycles. The third-order valence-corrected chi connectivity index (χ3v) is 2.57. The molecule has 1 aromatic carbocycles. The summed E-state index contributed by atoms with van der Waals surface area (Å²) in [5.74, 6) is 0.0193. The van der Waals surface area contributed by atoms with Gasteiger partial charge in [0.15, 0.2) is 0 Å². The molecular formula is C12H14N4O. The van der Waals surface area contributed by atoms with E-state index in [9.17, 15) is 4.79 Å². The average Bonchev–Trinajstić information content (AvgIpc) is 2.85. The summed E-state index contributed by atoms with van der Waals surface area (Å²) < 4.78 is 0. The van der Waals surface area contributed by atoms with Gasteiger partial charge in [-0.25, -0.2) is 4.98 Å². The lowest BCUT2D eigenvalue weighted by Gasteiger charge is -2.06. The number of aryl methyl sites for hydroxylation is 1. The van der Waals surface area contributed by atoms with E-state index >= 15 is 0 Å². The molecule has 0 saturated carbocycles. The van der Waals surface area contributed by atoms with E-state index < -0.39 is 0 Å². The lowest BCUT2D eigenvalue weighted by molar-refractivity contribution is 0.0944. The SMILES string of the molecule is Cc1ccccc1CCNC(=O)c1ncn[nH]1. The van der Waals surface area contributed by atoms with Crippen LogP contribution < -0.4 is 5.32 Å².